The van der Waals surface area contributed by atoms with Gasteiger partial charge in [-0.1, -0.05) is 52.2 Å². The maximum Gasteiger partial charge on any atom is 0.122 e. The number of allylic oxidation sites excluding steroid dienone is 2. The molecule has 2 heteroatoms. The van der Waals surface area contributed by atoms with Gasteiger partial charge in [0.1, 0.15) is 11.5 Å². The third kappa shape index (κ3) is 5.82. The molecule has 0 unspecified atom stereocenters. The average Bonchev–Trinajstić information content (AvgIpc) is 2.50. The Kier molecular flexibility index (Phi) is 7.35. The molecule has 0 radical (unpaired) electrons. The lowest BCUT2D eigenvalue weighted by molar-refractivity contribution is 0.392. The van der Waals surface area contributed by atoms with Crippen LogP contribution in [0.25, 0.3) is 0 Å². The molecule has 0 aliphatic carbocycles. The molecule has 0 fully saturated rings. The fourth-order valence-electron chi connectivity index (χ4n) is 2.34. The SMILES string of the molecule is CCCCCC/C=C/C(C)(C)c1cc(OC)cc(OC)c1. The Hall–Kier alpha value is -1.44. The smallest absolute Gasteiger partial charge is 0.122 e. The van der Waals surface area contributed by atoms with Gasteiger partial charge in [-0.05, 0) is 30.5 Å². The van der Waals surface area contributed by atoms with Crippen LogP contribution in [0.5, 0.6) is 11.5 Å². The zero-order valence-corrected chi connectivity index (χ0v) is 14.2. The van der Waals surface area contributed by atoms with Gasteiger partial charge in [-0.2, -0.15) is 0 Å². The molecule has 21 heavy (non-hydrogen) atoms. The predicted octanol–water partition coefficient (Wildman–Crippen LogP) is 5.51. The number of hydrogen-bond acceptors (Lipinski definition) is 2. The molecule has 0 atom stereocenters. The number of ether oxygens (including phenoxy) is 2. The zero-order valence-electron chi connectivity index (χ0n) is 14.2. The normalized spacial score (nSPS) is 11.9. The lowest BCUT2D eigenvalue weighted by Gasteiger charge is -2.22. The number of unbranched alkanes of at least 4 members (excludes halogenated alkanes) is 4. The van der Waals surface area contributed by atoms with E-state index in [0.717, 1.165) is 17.9 Å². The summed E-state index contributed by atoms with van der Waals surface area (Å²) in [5.41, 5.74) is 1.19. The summed E-state index contributed by atoms with van der Waals surface area (Å²) in [5, 5.41) is 0. The molecular weight excluding hydrogens is 260 g/mol. The average molecular weight is 290 g/mol. The van der Waals surface area contributed by atoms with E-state index < -0.39 is 0 Å². The first-order valence-electron chi connectivity index (χ1n) is 7.94. The maximum absolute atomic E-state index is 5.36. The van der Waals surface area contributed by atoms with Crippen LogP contribution < -0.4 is 9.47 Å². The van der Waals surface area contributed by atoms with E-state index in [1.807, 2.05) is 6.07 Å². The van der Waals surface area contributed by atoms with Gasteiger partial charge in [0.15, 0.2) is 0 Å². The minimum atomic E-state index is -0.0213. The molecule has 1 aromatic carbocycles. The summed E-state index contributed by atoms with van der Waals surface area (Å²) < 4.78 is 10.7. The van der Waals surface area contributed by atoms with Crippen LogP contribution in [0.1, 0.15) is 58.4 Å². The molecule has 0 spiro atoms. The maximum atomic E-state index is 5.36. The number of methoxy groups -OCH3 is 2. The van der Waals surface area contributed by atoms with Crippen molar-refractivity contribution < 1.29 is 9.47 Å². The summed E-state index contributed by atoms with van der Waals surface area (Å²) in [7, 11) is 3.38. The van der Waals surface area contributed by atoms with Crippen molar-refractivity contribution in [1.82, 2.24) is 0 Å². The van der Waals surface area contributed by atoms with Crippen LogP contribution in [-0.4, -0.2) is 14.2 Å². The van der Waals surface area contributed by atoms with Crippen LogP contribution in [0.4, 0.5) is 0 Å². The van der Waals surface area contributed by atoms with Crippen molar-refractivity contribution in [2.45, 2.75) is 58.3 Å². The highest BCUT2D eigenvalue weighted by Gasteiger charge is 2.18. The van der Waals surface area contributed by atoms with Crippen molar-refractivity contribution in [3.8, 4) is 11.5 Å². The second-order valence-corrected chi connectivity index (χ2v) is 6.07. The van der Waals surface area contributed by atoms with Gasteiger partial charge in [0, 0.05) is 11.5 Å². The van der Waals surface area contributed by atoms with Crippen molar-refractivity contribution in [3.05, 3.63) is 35.9 Å². The summed E-state index contributed by atoms with van der Waals surface area (Å²) in [6, 6.07) is 6.09. The molecule has 0 amide bonds. The minimum Gasteiger partial charge on any atom is -0.497 e. The van der Waals surface area contributed by atoms with Crippen molar-refractivity contribution in [3.63, 3.8) is 0 Å². The quantitative estimate of drug-likeness (QED) is 0.441. The van der Waals surface area contributed by atoms with Crippen molar-refractivity contribution in [1.29, 1.82) is 0 Å². The highest BCUT2D eigenvalue weighted by Crippen LogP contribution is 2.32. The largest absolute Gasteiger partial charge is 0.497 e. The van der Waals surface area contributed by atoms with E-state index in [1.165, 1.54) is 31.2 Å². The third-order valence-corrected chi connectivity index (χ3v) is 3.85. The fraction of sp³-hybridized carbons (Fsp3) is 0.579. The summed E-state index contributed by atoms with van der Waals surface area (Å²) >= 11 is 0. The fourth-order valence-corrected chi connectivity index (χ4v) is 2.34. The number of hydrogen-bond donors (Lipinski definition) is 0. The minimum absolute atomic E-state index is 0.0213. The van der Waals surface area contributed by atoms with Crippen LogP contribution in [0.2, 0.25) is 0 Å². The summed E-state index contributed by atoms with van der Waals surface area (Å²) in [6.07, 6.45) is 11.0. The van der Waals surface area contributed by atoms with Crippen LogP contribution >= 0.6 is 0 Å². The topological polar surface area (TPSA) is 18.5 Å². The Balaban J connectivity index is 2.74. The predicted molar refractivity (Wildman–Crippen MR) is 90.5 cm³/mol. The summed E-state index contributed by atoms with van der Waals surface area (Å²) in [4.78, 5) is 0. The van der Waals surface area contributed by atoms with E-state index in [0.29, 0.717) is 0 Å². The molecule has 2 nitrogen and oxygen atoms in total. The summed E-state index contributed by atoms with van der Waals surface area (Å²) in [5.74, 6) is 1.68. The summed E-state index contributed by atoms with van der Waals surface area (Å²) in [6.45, 7) is 6.70. The van der Waals surface area contributed by atoms with E-state index in [2.05, 4.69) is 45.1 Å². The molecule has 0 heterocycles. The van der Waals surface area contributed by atoms with Gasteiger partial charge in [-0.25, -0.2) is 0 Å². The van der Waals surface area contributed by atoms with Gasteiger partial charge < -0.3 is 9.47 Å². The molecule has 0 aromatic heterocycles. The molecular formula is C19H30O2. The zero-order chi connectivity index (χ0) is 15.7. The highest BCUT2D eigenvalue weighted by atomic mass is 16.5. The van der Waals surface area contributed by atoms with E-state index in [4.69, 9.17) is 9.47 Å². The molecule has 0 saturated heterocycles. The van der Waals surface area contributed by atoms with Gasteiger partial charge in [0.2, 0.25) is 0 Å². The van der Waals surface area contributed by atoms with E-state index in [9.17, 15) is 0 Å². The Morgan fingerprint density at radius 1 is 0.952 bits per heavy atom. The second kappa shape index (κ2) is 8.76. The number of benzene rings is 1. The van der Waals surface area contributed by atoms with Gasteiger partial charge in [0.25, 0.3) is 0 Å². The van der Waals surface area contributed by atoms with Gasteiger partial charge in [-0.15, -0.1) is 0 Å². The molecule has 118 valence electrons. The van der Waals surface area contributed by atoms with Crippen LogP contribution in [0.15, 0.2) is 30.4 Å². The third-order valence-electron chi connectivity index (χ3n) is 3.85. The molecule has 0 bridgehead atoms. The Labute approximate surface area is 130 Å². The molecule has 0 saturated carbocycles. The van der Waals surface area contributed by atoms with Crippen LogP contribution in [0, 0.1) is 0 Å². The van der Waals surface area contributed by atoms with E-state index in [-0.39, 0.29) is 5.41 Å². The first-order valence-corrected chi connectivity index (χ1v) is 7.94. The first kappa shape index (κ1) is 17.6. The molecule has 0 N–H and O–H groups in total. The lowest BCUT2D eigenvalue weighted by atomic mass is 9.83. The van der Waals surface area contributed by atoms with Gasteiger partial charge in [0.05, 0.1) is 14.2 Å². The monoisotopic (exact) mass is 290 g/mol. The van der Waals surface area contributed by atoms with Gasteiger partial charge in [-0.3, -0.25) is 0 Å². The highest BCUT2D eigenvalue weighted by molar-refractivity contribution is 5.43. The Morgan fingerprint density at radius 3 is 2.10 bits per heavy atom. The Bertz CT molecular complexity index is 425. The molecule has 1 rings (SSSR count). The van der Waals surface area contributed by atoms with Crippen LogP contribution in [0.3, 0.4) is 0 Å². The van der Waals surface area contributed by atoms with E-state index >= 15 is 0 Å². The second-order valence-electron chi connectivity index (χ2n) is 6.07. The molecule has 0 aliphatic heterocycles. The van der Waals surface area contributed by atoms with E-state index in [1.54, 1.807) is 14.2 Å². The lowest BCUT2D eigenvalue weighted by Crippen LogP contribution is -2.13. The van der Waals surface area contributed by atoms with Crippen molar-refractivity contribution in [2.24, 2.45) is 0 Å². The van der Waals surface area contributed by atoms with Crippen LogP contribution in [-0.2, 0) is 5.41 Å². The number of rotatable bonds is 9. The molecule has 1 aromatic rings. The van der Waals surface area contributed by atoms with Crippen molar-refractivity contribution in [2.75, 3.05) is 14.2 Å². The van der Waals surface area contributed by atoms with Gasteiger partial charge >= 0.3 is 0 Å². The molecule has 0 aliphatic rings. The first-order chi connectivity index (χ1) is 10.0. The van der Waals surface area contributed by atoms with Crippen molar-refractivity contribution >= 4 is 0 Å². The Morgan fingerprint density at radius 2 is 1.57 bits per heavy atom. The standard InChI is InChI=1S/C19H30O2/c1-6-7-8-9-10-11-12-19(2,3)16-13-17(20-4)15-18(14-16)21-5/h11-15H,6-10H2,1-5H3/b12-11+.